The molecule has 4 heteroatoms. The Bertz CT molecular complexity index is 610. The molecule has 3 rings (SSSR count). The number of nitrogens with one attached hydrogen (secondary N) is 1. The predicted molar refractivity (Wildman–Crippen MR) is 79.1 cm³/mol. The van der Waals surface area contributed by atoms with Crippen molar-refractivity contribution in [3.05, 3.63) is 57.1 Å². The second-order valence-corrected chi connectivity index (χ2v) is 5.70. The zero-order valence-corrected chi connectivity index (χ0v) is 12.5. The van der Waals surface area contributed by atoms with E-state index in [-0.39, 0.29) is 0 Å². The molecular formula is C15H16BrN3. The Morgan fingerprint density at radius 3 is 2.95 bits per heavy atom. The lowest BCUT2D eigenvalue weighted by atomic mass is 10.1. The van der Waals surface area contributed by atoms with E-state index in [9.17, 15) is 0 Å². The van der Waals surface area contributed by atoms with E-state index < -0.39 is 0 Å². The van der Waals surface area contributed by atoms with Crippen LogP contribution in [0.3, 0.4) is 0 Å². The molecule has 0 unspecified atom stereocenters. The number of aryl methyl sites for hydroxylation is 1. The van der Waals surface area contributed by atoms with Crippen molar-refractivity contribution in [1.82, 2.24) is 15.3 Å². The highest BCUT2D eigenvalue weighted by atomic mass is 79.9. The van der Waals surface area contributed by atoms with Crippen molar-refractivity contribution in [2.75, 3.05) is 6.54 Å². The summed E-state index contributed by atoms with van der Waals surface area (Å²) in [6.07, 6.45) is 1.78. The van der Waals surface area contributed by atoms with Crippen LogP contribution in [0.25, 0.3) is 0 Å². The van der Waals surface area contributed by atoms with Crippen LogP contribution in [0.2, 0.25) is 0 Å². The third-order valence-electron chi connectivity index (χ3n) is 3.49. The largest absolute Gasteiger partial charge is 0.312 e. The Kier molecular flexibility index (Phi) is 3.62. The highest BCUT2D eigenvalue weighted by Gasteiger charge is 2.15. The van der Waals surface area contributed by atoms with Gasteiger partial charge in [-0.25, -0.2) is 9.97 Å². The predicted octanol–water partition coefficient (Wildman–Crippen LogP) is 2.78. The minimum Gasteiger partial charge on any atom is -0.312 e. The van der Waals surface area contributed by atoms with Crippen LogP contribution in [0.5, 0.6) is 0 Å². The number of fused-ring (bicyclic) bond motifs is 1. The van der Waals surface area contributed by atoms with E-state index in [1.807, 2.05) is 6.07 Å². The fraction of sp³-hybridized carbons (Fsp3) is 0.333. The molecule has 1 aliphatic rings. The van der Waals surface area contributed by atoms with E-state index in [1.54, 1.807) is 0 Å². The summed E-state index contributed by atoms with van der Waals surface area (Å²) in [5.41, 5.74) is 4.84. The number of aromatic nitrogens is 2. The van der Waals surface area contributed by atoms with Gasteiger partial charge in [-0.15, -0.1) is 0 Å². The normalized spacial score (nSPS) is 14.2. The summed E-state index contributed by atoms with van der Waals surface area (Å²) in [5.74, 6) is 0.921. The molecule has 0 fully saturated rings. The molecule has 0 aliphatic carbocycles. The maximum atomic E-state index is 4.74. The third kappa shape index (κ3) is 2.69. The van der Waals surface area contributed by atoms with Gasteiger partial charge in [0.25, 0.3) is 0 Å². The molecular weight excluding hydrogens is 302 g/mol. The van der Waals surface area contributed by atoms with E-state index >= 15 is 0 Å². The van der Waals surface area contributed by atoms with Crippen LogP contribution in [-0.2, 0) is 19.4 Å². The van der Waals surface area contributed by atoms with Crippen molar-refractivity contribution in [3.63, 3.8) is 0 Å². The maximum absolute atomic E-state index is 4.74. The fourth-order valence-electron chi connectivity index (χ4n) is 2.47. The Morgan fingerprint density at radius 2 is 2.11 bits per heavy atom. The first-order valence-corrected chi connectivity index (χ1v) is 7.33. The van der Waals surface area contributed by atoms with Crippen molar-refractivity contribution < 1.29 is 0 Å². The smallest absolute Gasteiger partial charge is 0.133 e. The molecule has 1 aromatic heterocycles. The molecule has 0 atom stereocenters. The molecule has 0 bridgehead atoms. The average molecular weight is 318 g/mol. The molecule has 19 heavy (non-hydrogen) atoms. The lowest BCUT2D eigenvalue weighted by Gasteiger charge is -2.18. The first kappa shape index (κ1) is 12.8. The Morgan fingerprint density at radius 1 is 1.26 bits per heavy atom. The van der Waals surface area contributed by atoms with Crippen molar-refractivity contribution in [2.45, 2.75) is 26.3 Å². The fourth-order valence-corrected chi connectivity index (χ4v) is 2.89. The van der Waals surface area contributed by atoms with Crippen LogP contribution in [0.1, 0.15) is 28.3 Å². The Balaban J connectivity index is 1.94. The van der Waals surface area contributed by atoms with Crippen molar-refractivity contribution in [1.29, 1.82) is 0 Å². The standard InChI is InChI=1S/C15H16BrN3/c1-10-12-9-17-7-6-14(12)19-15(18-10)8-11-4-2-3-5-13(11)16/h2-5,17H,6-9H2,1H3. The van der Waals surface area contributed by atoms with E-state index in [4.69, 9.17) is 4.98 Å². The van der Waals surface area contributed by atoms with Gasteiger partial charge in [-0.1, -0.05) is 34.1 Å². The average Bonchev–Trinajstić information content (AvgIpc) is 2.42. The van der Waals surface area contributed by atoms with Crippen LogP contribution >= 0.6 is 15.9 Å². The third-order valence-corrected chi connectivity index (χ3v) is 4.27. The van der Waals surface area contributed by atoms with Crippen LogP contribution in [0.4, 0.5) is 0 Å². The van der Waals surface area contributed by atoms with Crippen LogP contribution in [0.15, 0.2) is 28.7 Å². The van der Waals surface area contributed by atoms with Crippen molar-refractivity contribution in [2.24, 2.45) is 0 Å². The molecule has 2 aromatic rings. The molecule has 0 saturated carbocycles. The maximum Gasteiger partial charge on any atom is 0.133 e. The van der Waals surface area contributed by atoms with Gasteiger partial charge in [0.15, 0.2) is 0 Å². The summed E-state index contributed by atoms with van der Waals surface area (Å²) in [5, 5.41) is 3.37. The van der Waals surface area contributed by atoms with Gasteiger partial charge >= 0.3 is 0 Å². The Labute approximate surface area is 121 Å². The summed E-state index contributed by atoms with van der Waals surface area (Å²) < 4.78 is 1.12. The minimum absolute atomic E-state index is 0.781. The van der Waals surface area contributed by atoms with Gasteiger partial charge in [0, 0.05) is 41.7 Å². The van der Waals surface area contributed by atoms with Gasteiger partial charge in [-0.2, -0.15) is 0 Å². The summed E-state index contributed by atoms with van der Waals surface area (Å²) in [7, 11) is 0. The second kappa shape index (κ2) is 5.39. The molecule has 2 heterocycles. The topological polar surface area (TPSA) is 37.8 Å². The first-order chi connectivity index (χ1) is 9.24. The van der Waals surface area contributed by atoms with Gasteiger partial charge in [-0.05, 0) is 18.6 Å². The summed E-state index contributed by atoms with van der Waals surface area (Å²) >= 11 is 3.58. The molecule has 0 amide bonds. The lowest BCUT2D eigenvalue weighted by molar-refractivity contribution is 0.615. The van der Waals surface area contributed by atoms with Gasteiger partial charge in [-0.3, -0.25) is 0 Å². The van der Waals surface area contributed by atoms with Gasteiger partial charge in [0.1, 0.15) is 5.82 Å². The monoisotopic (exact) mass is 317 g/mol. The summed E-state index contributed by atoms with van der Waals surface area (Å²) in [4.78, 5) is 9.39. The molecule has 1 aromatic carbocycles. The van der Waals surface area contributed by atoms with Gasteiger partial charge in [0.2, 0.25) is 0 Å². The number of halogens is 1. The summed E-state index contributed by atoms with van der Waals surface area (Å²) in [6, 6.07) is 8.25. The van der Waals surface area contributed by atoms with Crippen molar-refractivity contribution in [3.8, 4) is 0 Å². The molecule has 0 spiro atoms. The minimum atomic E-state index is 0.781. The molecule has 0 saturated heterocycles. The van der Waals surface area contributed by atoms with Crippen molar-refractivity contribution >= 4 is 15.9 Å². The zero-order valence-electron chi connectivity index (χ0n) is 10.9. The zero-order chi connectivity index (χ0) is 13.2. The van der Waals surface area contributed by atoms with E-state index in [0.717, 1.165) is 41.9 Å². The molecule has 1 aliphatic heterocycles. The van der Waals surface area contributed by atoms with Crippen LogP contribution in [0, 0.1) is 6.92 Å². The highest BCUT2D eigenvalue weighted by Crippen LogP contribution is 2.20. The number of benzene rings is 1. The van der Waals surface area contributed by atoms with Crippen LogP contribution < -0.4 is 5.32 Å². The SMILES string of the molecule is Cc1nc(Cc2ccccc2Br)nc2c1CNCC2. The summed E-state index contributed by atoms with van der Waals surface area (Å²) in [6.45, 7) is 3.99. The molecule has 98 valence electrons. The quantitative estimate of drug-likeness (QED) is 0.925. The first-order valence-electron chi connectivity index (χ1n) is 6.53. The number of rotatable bonds is 2. The van der Waals surface area contributed by atoms with E-state index in [1.165, 1.54) is 16.8 Å². The number of hydrogen-bond acceptors (Lipinski definition) is 3. The lowest BCUT2D eigenvalue weighted by Crippen LogP contribution is -2.26. The van der Waals surface area contributed by atoms with Gasteiger partial charge < -0.3 is 5.32 Å². The number of nitrogens with zero attached hydrogens (tertiary/aromatic N) is 2. The molecule has 3 nitrogen and oxygen atoms in total. The van der Waals surface area contributed by atoms with Gasteiger partial charge in [0.05, 0.1) is 5.69 Å². The van der Waals surface area contributed by atoms with E-state index in [2.05, 4.69) is 51.4 Å². The van der Waals surface area contributed by atoms with E-state index in [0.29, 0.717) is 0 Å². The molecule has 0 radical (unpaired) electrons. The highest BCUT2D eigenvalue weighted by molar-refractivity contribution is 9.10. The second-order valence-electron chi connectivity index (χ2n) is 4.85. The Hall–Kier alpha value is -1.26. The molecule has 1 N–H and O–H groups in total. The number of hydrogen-bond donors (Lipinski definition) is 1. The van der Waals surface area contributed by atoms with Crippen LogP contribution in [-0.4, -0.2) is 16.5 Å².